The van der Waals surface area contributed by atoms with Crippen molar-refractivity contribution >= 4 is 0 Å². The third-order valence-electron chi connectivity index (χ3n) is 1.37. The van der Waals surface area contributed by atoms with Crippen molar-refractivity contribution in [1.29, 1.82) is 0 Å². The van der Waals surface area contributed by atoms with Crippen LogP contribution in [0.2, 0.25) is 0 Å². The highest BCUT2D eigenvalue weighted by Crippen LogP contribution is 2.12. The summed E-state index contributed by atoms with van der Waals surface area (Å²) in [5, 5.41) is 2.50. The summed E-state index contributed by atoms with van der Waals surface area (Å²) >= 11 is 0. The second kappa shape index (κ2) is 7.00. The Bertz CT molecular complexity index is 143. The molecule has 0 spiro atoms. The van der Waals surface area contributed by atoms with Gasteiger partial charge in [-0.05, 0) is 13.0 Å². The lowest BCUT2D eigenvalue weighted by Gasteiger charge is -2.16. The Hall–Kier alpha value is -0.360. The van der Waals surface area contributed by atoms with Crippen LogP contribution < -0.4 is 5.32 Å². The topological polar surface area (TPSA) is 21.3 Å². The van der Waals surface area contributed by atoms with Crippen LogP contribution in [0, 0.1) is 0 Å². The van der Waals surface area contributed by atoms with Crippen molar-refractivity contribution < 1.29 is 22.3 Å². The van der Waals surface area contributed by atoms with Crippen LogP contribution in [-0.2, 0) is 4.74 Å². The summed E-state index contributed by atoms with van der Waals surface area (Å²) < 4.78 is 52.7. The lowest BCUT2D eigenvalue weighted by molar-refractivity contribution is -0.0935. The SMILES string of the molecule is CCCNCC(F)(F)COCC(F)F. The van der Waals surface area contributed by atoms with E-state index in [2.05, 4.69) is 10.1 Å². The Kier molecular flexibility index (Phi) is 6.82. The van der Waals surface area contributed by atoms with E-state index >= 15 is 0 Å². The molecule has 2 nitrogen and oxygen atoms in total. The van der Waals surface area contributed by atoms with E-state index in [1.54, 1.807) is 0 Å². The van der Waals surface area contributed by atoms with Crippen LogP contribution in [0.1, 0.15) is 13.3 Å². The van der Waals surface area contributed by atoms with Crippen LogP contribution in [0.15, 0.2) is 0 Å². The normalized spacial score (nSPS) is 12.4. The van der Waals surface area contributed by atoms with E-state index in [1.165, 1.54) is 0 Å². The van der Waals surface area contributed by atoms with Crippen LogP contribution in [-0.4, -0.2) is 38.7 Å². The summed E-state index contributed by atoms with van der Waals surface area (Å²) in [4.78, 5) is 0. The van der Waals surface area contributed by atoms with Crippen molar-refractivity contribution in [3.05, 3.63) is 0 Å². The smallest absolute Gasteiger partial charge is 0.283 e. The molecular weight excluding hydrogens is 202 g/mol. The van der Waals surface area contributed by atoms with Gasteiger partial charge in [0.1, 0.15) is 13.2 Å². The number of ether oxygens (including phenoxy) is 1. The molecule has 0 radical (unpaired) electrons. The molecule has 1 N–H and O–H groups in total. The molecule has 0 bridgehead atoms. The van der Waals surface area contributed by atoms with Crippen molar-refractivity contribution in [2.45, 2.75) is 25.7 Å². The summed E-state index contributed by atoms with van der Waals surface area (Å²) in [5.41, 5.74) is 0. The Morgan fingerprint density at radius 3 is 2.50 bits per heavy atom. The molecule has 0 unspecified atom stereocenters. The minimum atomic E-state index is -3.08. The standard InChI is InChI=1S/C8H15F4NO/c1-2-3-13-5-8(11,12)6-14-4-7(9)10/h7,13H,2-6H2,1H3. The quantitative estimate of drug-likeness (QED) is 0.495. The van der Waals surface area contributed by atoms with Gasteiger partial charge in [0.25, 0.3) is 12.3 Å². The Balaban J connectivity index is 3.50. The minimum absolute atomic E-state index is 0.477. The largest absolute Gasteiger partial charge is 0.369 e. The number of hydrogen-bond acceptors (Lipinski definition) is 2. The molecule has 0 aliphatic carbocycles. The molecule has 0 aliphatic rings. The monoisotopic (exact) mass is 217 g/mol. The minimum Gasteiger partial charge on any atom is -0.369 e. The van der Waals surface area contributed by atoms with Crippen LogP contribution in [0.5, 0.6) is 0 Å². The molecule has 0 rings (SSSR count). The predicted molar refractivity (Wildman–Crippen MR) is 44.9 cm³/mol. The molecule has 0 aliphatic heterocycles. The van der Waals surface area contributed by atoms with Crippen molar-refractivity contribution in [3.63, 3.8) is 0 Å². The zero-order valence-corrected chi connectivity index (χ0v) is 8.03. The number of nitrogens with one attached hydrogen (secondary N) is 1. The van der Waals surface area contributed by atoms with Crippen molar-refractivity contribution in [2.24, 2.45) is 0 Å². The third kappa shape index (κ3) is 8.25. The summed E-state index contributed by atoms with van der Waals surface area (Å²) in [7, 11) is 0. The molecule has 0 saturated carbocycles. The summed E-state index contributed by atoms with van der Waals surface area (Å²) in [6.07, 6.45) is -1.96. The fourth-order valence-corrected chi connectivity index (χ4v) is 0.796. The van der Waals surface area contributed by atoms with Gasteiger partial charge in [0.2, 0.25) is 0 Å². The highest BCUT2D eigenvalue weighted by Gasteiger charge is 2.28. The first kappa shape index (κ1) is 13.6. The second-order valence-corrected chi connectivity index (χ2v) is 2.94. The van der Waals surface area contributed by atoms with Gasteiger partial charge < -0.3 is 10.1 Å². The number of hydrogen-bond donors (Lipinski definition) is 1. The van der Waals surface area contributed by atoms with Gasteiger partial charge in [0, 0.05) is 0 Å². The number of alkyl halides is 4. The van der Waals surface area contributed by atoms with E-state index in [1.807, 2.05) is 6.92 Å². The van der Waals surface area contributed by atoms with Gasteiger partial charge in [-0.25, -0.2) is 17.6 Å². The maximum absolute atomic E-state index is 12.8. The van der Waals surface area contributed by atoms with Crippen molar-refractivity contribution in [1.82, 2.24) is 5.32 Å². The summed E-state index contributed by atoms with van der Waals surface area (Å²) in [6.45, 7) is -0.121. The molecule has 0 fully saturated rings. The van der Waals surface area contributed by atoms with Gasteiger partial charge in [0.15, 0.2) is 0 Å². The molecule has 0 saturated heterocycles. The maximum atomic E-state index is 12.8. The summed E-state index contributed by atoms with van der Waals surface area (Å²) in [5.74, 6) is -3.08. The maximum Gasteiger partial charge on any atom is 0.283 e. The third-order valence-corrected chi connectivity index (χ3v) is 1.37. The molecule has 6 heteroatoms. The molecule has 0 atom stereocenters. The lowest BCUT2D eigenvalue weighted by Crippen LogP contribution is -2.37. The Morgan fingerprint density at radius 2 is 2.00 bits per heavy atom. The van der Waals surface area contributed by atoms with E-state index < -0.39 is 32.1 Å². The fraction of sp³-hybridized carbons (Fsp3) is 1.00. The van der Waals surface area contributed by atoms with E-state index in [4.69, 9.17) is 0 Å². The zero-order chi connectivity index (χ0) is 11.0. The molecule has 0 amide bonds. The van der Waals surface area contributed by atoms with Gasteiger partial charge in [0.05, 0.1) is 6.54 Å². The molecule has 0 aromatic heterocycles. The number of rotatable bonds is 8. The second-order valence-electron chi connectivity index (χ2n) is 2.94. The van der Waals surface area contributed by atoms with Gasteiger partial charge in [-0.1, -0.05) is 6.92 Å². The fourth-order valence-electron chi connectivity index (χ4n) is 0.796. The Labute approximate surface area is 80.6 Å². The van der Waals surface area contributed by atoms with Crippen LogP contribution in [0.4, 0.5) is 17.6 Å². The van der Waals surface area contributed by atoms with E-state index in [9.17, 15) is 17.6 Å². The van der Waals surface area contributed by atoms with Gasteiger partial charge in [-0.15, -0.1) is 0 Å². The first-order valence-corrected chi connectivity index (χ1v) is 4.42. The van der Waals surface area contributed by atoms with Gasteiger partial charge in [-0.3, -0.25) is 0 Å². The summed E-state index contributed by atoms with van der Waals surface area (Å²) in [6, 6.07) is 0. The highest BCUT2D eigenvalue weighted by molar-refractivity contribution is 4.68. The van der Waals surface area contributed by atoms with Crippen LogP contribution in [0.25, 0.3) is 0 Å². The first-order valence-electron chi connectivity index (χ1n) is 4.42. The average molecular weight is 217 g/mol. The van der Waals surface area contributed by atoms with Crippen LogP contribution >= 0.6 is 0 Å². The first-order chi connectivity index (χ1) is 6.48. The van der Waals surface area contributed by atoms with E-state index in [-0.39, 0.29) is 0 Å². The van der Waals surface area contributed by atoms with Gasteiger partial charge >= 0.3 is 0 Å². The molecule has 0 aromatic carbocycles. The average Bonchev–Trinajstić information content (AvgIpc) is 2.03. The van der Waals surface area contributed by atoms with Gasteiger partial charge in [-0.2, -0.15) is 0 Å². The molecule has 0 heterocycles. The molecule has 0 aromatic rings. The predicted octanol–water partition coefficient (Wildman–Crippen LogP) is 1.90. The van der Waals surface area contributed by atoms with E-state index in [0.29, 0.717) is 6.54 Å². The van der Waals surface area contributed by atoms with Crippen LogP contribution in [0.3, 0.4) is 0 Å². The Morgan fingerprint density at radius 1 is 1.36 bits per heavy atom. The molecule has 86 valence electrons. The van der Waals surface area contributed by atoms with E-state index in [0.717, 1.165) is 6.42 Å². The van der Waals surface area contributed by atoms with Crippen molar-refractivity contribution in [2.75, 3.05) is 26.3 Å². The molecular formula is C8H15F4NO. The lowest BCUT2D eigenvalue weighted by atomic mass is 10.3. The molecule has 14 heavy (non-hydrogen) atoms. The zero-order valence-electron chi connectivity index (χ0n) is 8.03. The van der Waals surface area contributed by atoms with Crippen molar-refractivity contribution in [3.8, 4) is 0 Å². The number of halogens is 4. The highest BCUT2D eigenvalue weighted by atomic mass is 19.3.